The molecular weight excluding hydrogens is 222 g/mol. The number of nitrogens with one attached hydrogen (secondary N) is 2. The van der Waals surface area contributed by atoms with Crippen LogP contribution in [0.1, 0.15) is 31.7 Å². The number of imidazole rings is 1. The standard InChI is InChI=1S/C15H21N3/c1-4-12(3)16-10-15-17-9-14(18-15)13-7-5-11(2)6-8-13/h5-9,12,16H,4,10H2,1-3H3,(H,17,18). The van der Waals surface area contributed by atoms with Crippen LogP contribution in [0, 0.1) is 6.92 Å². The minimum Gasteiger partial charge on any atom is -0.341 e. The highest BCUT2D eigenvalue weighted by molar-refractivity contribution is 5.58. The predicted molar refractivity (Wildman–Crippen MR) is 75.4 cm³/mol. The lowest BCUT2D eigenvalue weighted by molar-refractivity contribution is 0.525. The smallest absolute Gasteiger partial charge is 0.120 e. The van der Waals surface area contributed by atoms with Gasteiger partial charge in [-0.05, 0) is 25.8 Å². The molecule has 1 unspecified atom stereocenters. The van der Waals surface area contributed by atoms with E-state index in [1.807, 2.05) is 6.20 Å². The maximum Gasteiger partial charge on any atom is 0.120 e. The molecule has 1 heterocycles. The second kappa shape index (κ2) is 5.83. The molecule has 3 heteroatoms. The third-order valence-corrected chi connectivity index (χ3v) is 3.22. The zero-order chi connectivity index (χ0) is 13.0. The Labute approximate surface area is 109 Å². The second-order valence-corrected chi connectivity index (χ2v) is 4.80. The highest BCUT2D eigenvalue weighted by Crippen LogP contribution is 2.17. The average Bonchev–Trinajstić information content (AvgIpc) is 2.85. The van der Waals surface area contributed by atoms with Crippen LogP contribution >= 0.6 is 0 Å². The molecule has 1 aromatic carbocycles. The molecule has 0 saturated heterocycles. The van der Waals surface area contributed by atoms with E-state index < -0.39 is 0 Å². The number of H-pyrrole nitrogens is 1. The molecule has 0 aliphatic carbocycles. The molecular formula is C15H21N3. The molecule has 2 N–H and O–H groups in total. The van der Waals surface area contributed by atoms with Crippen molar-refractivity contribution in [1.29, 1.82) is 0 Å². The fourth-order valence-corrected chi connectivity index (χ4v) is 1.75. The summed E-state index contributed by atoms with van der Waals surface area (Å²) in [6.07, 6.45) is 3.03. The van der Waals surface area contributed by atoms with Gasteiger partial charge in [0.25, 0.3) is 0 Å². The van der Waals surface area contributed by atoms with Crippen LogP contribution < -0.4 is 5.32 Å². The number of hydrogen-bond donors (Lipinski definition) is 2. The van der Waals surface area contributed by atoms with Crippen molar-refractivity contribution >= 4 is 0 Å². The van der Waals surface area contributed by atoms with E-state index in [2.05, 4.69) is 60.3 Å². The van der Waals surface area contributed by atoms with Crippen LogP contribution in [-0.4, -0.2) is 16.0 Å². The van der Waals surface area contributed by atoms with Crippen molar-refractivity contribution in [3.8, 4) is 11.3 Å². The Morgan fingerprint density at radius 1 is 1.28 bits per heavy atom. The van der Waals surface area contributed by atoms with Crippen molar-refractivity contribution in [2.45, 2.75) is 39.8 Å². The number of nitrogens with zero attached hydrogens (tertiary/aromatic N) is 1. The van der Waals surface area contributed by atoms with Crippen molar-refractivity contribution in [2.75, 3.05) is 0 Å². The zero-order valence-corrected chi connectivity index (χ0v) is 11.3. The van der Waals surface area contributed by atoms with Crippen LogP contribution in [0.15, 0.2) is 30.5 Å². The van der Waals surface area contributed by atoms with Gasteiger partial charge in [-0.3, -0.25) is 0 Å². The lowest BCUT2D eigenvalue weighted by Crippen LogP contribution is -2.24. The molecule has 0 spiro atoms. The van der Waals surface area contributed by atoms with Crippen LogP contribution in [0.5, 0.6) is 0 Å². The summed E-state index contributed by atoms with van der Waals surface area (Å²) in [5.41, 5.74) is 3.54. The highest BCUT2D eigenvalue weighted by Gasteiger charge is 2.04. The molecule has 1 aromatic heterocycles. The number of hydrogen-bond acceptors (Lipinski definition) is 2. The van der Waals surface area contributed by atoms with Crippen LogP contribution in [-0.2, 0) is 6.54 Å². The van der Waals surface area contributed by atoms with Gasteiger partial charge >= 0.3 is 0 Å². The summed E-state index contributed by atoms with van der Waals surface area (Å²) in [6, 6.07) is 9.00. The molecule has 96 valence electrons. The van der Waals surface area contributed by atoms with Crippen LogP contribution in [0.25, 0.3) is 11.3 Å². The van der Waals surface area contributed by atoms with Gasteiger partial charge in [0, 0.05) is 6.04 Å². The van der Waals surface area contributed by atoms with Gasteiger partial charge in [-0.15, -0.1) is 0 Å². The van der Waals surface area contributed by atoms with E-state index in [0.717, 1.165) is 24.5 Å². The first-order chi connectivity index (χ1) is 8.69. The third kappa shape index (κ3) is 3.20. The van der Waals surface area contributed by atoms with Crippen molar-refractivity contribution in [2.24, 2.45) is 0 Å². The van der Waals surface area contributed by atoms with Crippen molar-refractivity contribution in [3.63, 3.8) is 0 Å². The minimum absolute atomic E-state index is 0.526. The summed E-state index contributed by atoms with van der Waals surface area (Å²) in [5.74, 6) is 0.992. The monoisotopic (exact) mass is 243 g/mol. The van der Waals surface area contributed by atoms with E-state index in [9.17, 15) is 0 Å². The van der Waals surface area contributed by atoms with Gasteiger partial charge in [0.05, 0.1) is 18.4 Å². The van der Waals surface area contributed by atoms with Gasteiger partial charge in [0.2, 0.25) is 0 Å². The summed E-state index contributed by atoms with van der Waals surface area (Å²) in [4.78, 5) is 7.76. The van der Waals surface area contributed by atoms with Crippen LogP contribution in [0.2, 0.25) is 0 Å². The van der Waals surface area contributed by atoms with Gasteiger partial charge in [0.15, 0.2) is 0 Å². The Hall–Kier alpha value is -1.61. The molecule has 3 nitrogen and oxygen atoms in total. The van der Waals surface area contributed by atoms with Gasteiger partial charge in [0.1, 0.15) is 5.82 Å². The highest BCUT2D eigenvalue weighted by atomic mass is 15.0. The average molecular weight is 243 g/mol. The lowest BCUT2D eigenvalue weighted by atomic mass is 10.1. The molecule has 0 aliphatic heterocycles. The normalized spacial score (nSPS) is 12.6. The molecule has 18 heavy (non-hydrogen) atoms. The molecule has 0 aliphatic rings. The maximum absolute atomic E-state index is 4.40. The number of aromatic amines is 1. The molecule has 0 amide bonds. The van der Waals surface area contributed by atoms with E-state index in [4.69, 9.17) is 0 Å². The number of benzene rings is 1. The topological polar surface area (TPSA) is 40.7 Å². The van der Waals surface area contributed by atoms with E-state index in [1.54, 1.807) is 0 Å². The molecule has 0 saturated carbocycles. The SMILES string of the molecule is CCC(C)NCc1ncc(-c2ccc(C)cc2)[nH]1. The molecule has 0 bridgehead atoms. The van der Waals surface area contributed by atoms with Gasteiger partial charge in [-0.25, -0.2) is 4.98 Å². The maximum atomic E-state index is 4.40. The van der Waals surface area contributed by atoms with Gasteiger partial charge < -0.3 is 10.3 Å². The van der Waals surface area contributed by atoms with E-state index in [1.165, 1.54) is 11.1 Å². The first-order valence-electron chi connectivity index (χ1n) is 6.53. The molecule has 0 radical (unpaired) electrons. The summed E-state index contributed by atoms with van der Waals surface area (Å²) in [7, 11) is 0. The van der Waals surface area contributed by atoms with Gasteiger partial charge in [-0.1, -0.05) is 36.8 Å². The molecule has 2 aromatic rings. The van der Waals surface area contributed by atoms with Crippen LogP contribution in [0.4, 0.5) is 0 Å². The number of aryl methyl sites for hydroxylation is 1. The van der Waals surface area contributed by atoms with E-state index >= 15 is 0 Å². The summed E-state index contributed by atoms with van der Waals surface area (Å²) in [5, 5.41) is 3.43. The third-order valence-electron chi connectivity index (χ3n) is 3.22. The Bertz CT molecular complexity index is 485. The zero-order valence-electron chi connectivity index (χ0n) is 11.3. The first-order valence-corrected chi connectivity index (χ1v) is 6.53. The number of aromatic nitrogens is 2. The van der Waals surface area contributed by atoms with Crippen molar-refractivity contribution in [1.82, 2.24) is 15.3 Å². The Morgan fingerprint density at radius 2 is 2.00 bits per heavy atom. The lowest BCUT2D eigenvalue weighted by Gasteiger charge is -2.08. The Balaban J connectivity index is 2.03. The summed E-state index contributed by atoms with van der Waals surface area (Å²) in [6.45, 7) is 7.25. The first kappa shape index (κ1) is 12.8. The van der Waals surface area contributed by atoms with Gasteiger partial charge in [-0.2, -0.15) is 0 Å². The quantitative estimate of drug-likeness (QED) is 0.846. The van der Waals surface area contributed by atoms with Crippen molar-refractivity contribution < 1.29 is 0 Å². The predicted octanol–water partition coefficient (Wildman–Crippen LogP) is 3.27. The molecule has 2 rings (SSSR count). The van der Waals surface area contributed by atoms with Crippen LogP contribution in [0.3, 0.4) is 0 Å². The van der Waals surface area contributed by atoms with Crippen molar-refractivity contribution in [3.05, 3.63) is 41.9 Å². The Kier molecular flexibility index (Phi) is 4.15. The minimum atomic E-state index is 0.526. The largest absolute Gasteiger partial charge is 0.341 e. The summed E-state index contributed by atoms with van der Waals surface area (Å²) >= 11 is 0. The Morgan fingerprint density at radius 3 is 2.67 bits per heavy atom. The fraction of sp³-hybridized carbons (Fsp3) is 0.400. The molecule has 0 fully saturated rings. The summed E-state index contributed by atoms with van der Waals surface area (Å²) < 4.78 is 0. The van der Waals surface area contributed by atoms with E-state index in [0.29, 0.717) is 6.04 Å². The molecule has 1 atom stereocenters. The second-order valence-electron chi connectivity index (χ2n) is 4.80. The van der Waals surface area contributed by atoms with E-state index in [-0.39, 0.29) is 0 Å². The fourth-order valence-electron chi connectivity index (χ4n) is 1.75. The number of rotatable bonds is 5.